The van der Waals surface area contributed by atoms with E-state index in [0.717, 1.165) is 25.9 Å². The van der Waals surface area contributed by atoms with E-state index in [-0.39, 0.29) is 5.91 Å². The van der Waals surface area contributed by atoms with Crippen LogP contribution in [0.1, 0.15) is 19.3 Å². The van der Waals surface area contributed by atoms with E-state index in [4.69, 9.17) is 0 Å². The van der Waals surface area contributed by atoms with Crippen LogP contribution in [-0.4, -0.2) is 37.0 Å². The molecule has 3 heteroatoms. The number of carbonyl (C=O) groups is 1. The minimum Gasteiger partial charge on any atom is -0.353 e. The van der Waals surface area contributed by atoms with Gasteiger partial charge in [0.2, 0.25) is 5.91 Å². The molecular weight excluding hydrogens is 152 g/mol. The van der Waals surface area contributed by atoms with Crippen molar-refractivity contribution in [3.8, 4) is 0 Å². The Morgan fingerprint density at radius 2 is 2.17 bits per heavy atom. The van der Waals surface area contributed by atoms with Gasteiger partial charge in [0.25, 0.3) is 0 Å². The molecule has 0 saturated carbocycles. The van der Waals surface area contributed by atoms with Crippen molar-refractivity contribution in [2.75, 3.05) is 20.1 Å². The SMILES string of the molecule is CN1CCC2CC(=O)NC2CC1. The number of hydrogen-bond acceptors (Lipinski definition) is 2. The van der Waals surface area contributed by atoms with Crippen molar-refractivity contribution in [2.24, 2.45) is 5.92 Å². The summed E-state index contributed by atoms with van der Waals surface area (Å²) in [5, 5.41) is 3.05. The van der Waals surface area contributed by atoms with Gasteiger partial charge in [0, 0.05) is 12.5 Å². The van der Waals surface area contributed by atoms with Gasteiger partial charge in [0.1, 0.15) is 0 Å². The van der Waals surface area contributed by atoms with Gasteiger partial charge in [0.15, 0.2) is 0 Å². The van der Waals surface area contributed by atoms with E-state index < -0.39 is 0 Å². The standard InChI is InChI=1S/C9H16N2O/c1-11-4-2-7-6-9(12)10-8(7)3-5-11/h7-8H,2-6H2,1H3,(H,10,12). The fourth-order valence-electron chi connectivity index (χ4n) is 2.23. The zero-order valence-corrected chi connectivity index (χ0v) is 7.55. The highest BCUT2D eigenvalue weighted by atomic mass is 16.2. The van der Waals surface area contributed by atoms with E-state index in [0.29, 0.717) is 12.0 Å². The van der Waals surface area contributed by atoms with E-state index in [2.05, 4.69) is 17.3 Å². The number of nitrogens with zero attached hydrogens (tertiary/aromatic N) is 1. The maximum Gasteiger partial charge on any atom is 0.220 e. The maximum atomic E-state index is 11.1. The normalized spacial score (nSPS) is 37.2. The minimum atomic E-state index is 0.259. The molecule has 0 aromatic heterocycles. The molecule has 0 bridgehead atoms. The van der Waals surface area contributed by atoms with Gasteiger partial charge in [-0.3, -0.25) is 4.79 Å². The van der Waals surface area contributed by atoms with Crippen LogP contribution in [0.4, 0.5) is 0 Å². The highest BCUT2D eigenvalue weighted by molar-refractivity contribution is 5.79. The lowest BCUT2D eigenvalue weighted by Crippen LogP contribution is -2.29. The lowest BCUT2D eigenvalue weighted by molar-refractivity contribution is -0.119. The Kier molecular flexibility index (Phi) is 2.05. The molecule has 2 atom stereocenters. The van der Waals surface area contributed by atoms with Crippen molar-refractivity contribution < 1.29 is 4.79 Å². The molecular formula is C9H16N2O. The van der Waals surface area contributed by atoms with Crippen LogP contribution in [0.3, 0.4) is 0 Å². The summed E-state index contributed by atoms with van der Waals surface area (Å²) >= 11 is 0. The van der Waals surface area contributed by atoms with Crippen molar-refractivity contribution in [2.45, 2.75) is 25.3 Å². The van der Waals surface area contributed by atoms with Crippen LogP contribution in [0.2, 0.25) is 0 Å². The van der Waals surface area contributed by atoms with Crippen LogP contribution in [0, 0.1) is 5.92 Å². The summed E-state index contributed by atoms with van der Waals surface area (Å²) in [4.78, 5) is 13.4. The molecule has 2 heterocycles. The summed E-state index contributed by atoms with van der Waals surface area (Å²) in [6.07, 6.45) is 3.07. The third-order valence-corrected chi connectivity index (χ3v) is 3.07. The van der Waals surface area contributed by atoms with E-state index in [1.54, 1.807) is 0 Å². The van der Waals surface area contributed by atoms with Crippen LogP contribution in [0.5, 0.6) is 0 Å². The molecule has 2 rings (SSSR count). The average Bonchev–Trinajstić information content (AvgIpc) is 2.31. The Morgan fingerprint density at radius 3 is 3.00 bits per heavy atom. The van der Waals surface area contributed by atoms with E-state index >= 15 is 0 Å². The molecule has 1 N–H and O–H groups in total. The van der Waals surface area contributed by atoms with Crippen LogP contribution in [0.25, 0.3) is 0 Å². The number of likely N-dealkylation sites (tertiary alicyclic amines) is 1. The summed E-state index contributed by atoms with van der Waals surface area (Å²) in [7, 11) is 2.16. The summed E-state index contributed by atoms with van der Waals surface area (Å²) in [5.74, 6) is 0.872. The lowest BCUT2D eigenvalue weighted by Gasteiger charge is -2.13. The average molecular weight is 168 g/mol. The van der Waals surface area contributed by atoms with Crippen LogP contribution < -0.4 is 5.32 Å². The van der Waals surface area contributed by atoms with E-state index in [9.17, 15) is 4.79 Å². The smallest absolute Gasteiger partial charge is 0.220 e. The molecule has 0 spiro atoms. The van der Waals surface area contributed by atoms with Crippen LogP contribution in [-0.2, 0) is 4.79 Å². The maximum absolute atomic E-state index is 11.1. The van der Waals surface area contributed by atoms with Gasteiger partial charge in [-0.25, -0.2) is 0 Å². The fraction of sp³-hybridized carbons (Fsp3) is 0.889. The zero-order chi connectivity index (χ0) is 8.55. The second-order valence-corrected chi connectivity index (χ2v) is 4.02. The molecule has 2 unspecified atom stereocenters. The molecule has 2 fully saturated rings. The lowest BCUT2D eigenvalue weighted by atomic mass is 9.96. The van der Waals surface area contributed by atoms with Crippen LogP contribution in [0.15, 0.2) is 0 Å². The van der Waals surface area contributed by atoms with Gasteiger partial charge in [0.05, 0.1) is 0 Å². The first kappa shape index (κ1) is 8.05. The molecule has 0 radical (unpaired) electrons. The largest absolute Gasteiger partial charge is 0.353 e. The monoisotopic (exact) mass is 168 g/mol. The summed E-state index contributed by atoms with van der Waals surface area (Å²) in [6.45, 7) is 2.28. The second kappa shape index (κ2) is 3.05. The number of amides is 1. The van der Waals surface area contributed by atoms with Crippen molar-refractivity contribution in [1.82, 2.24) is 10.2 Å². The summed E-state index contributed by atoms with van der Waals surface area (Å²) in [6, 6.07) is 0.474. The molecule has 3 nitrogen and oxygen atoms in total. The predicted molar refractivity (Wildman–Crippen MR) is 46.8 cm³/mol. The number of fused-ring (bicyclic) bond motifs is 1. The highest BCUT2D eigenvalue weighted by Gasteiger charge is 2.33. The van der Waals surface area contributed by atoms with E-state index in [1.807, 2.05) is 0 Å². The Hall–Kier alpha value is -0.570. The van der Waals surface area contributed by atoms with Gasteiger partial charge >= 0.3 is 0 Å². The first-order valence-corrected chi connectivity index (χ1v) is 4.73. The Balaban J connectivity index is 2.00. The fourth-order valence-corrected chi connectivity index (χ4v) is 2.23. The second-order valence-electron chi connectivity index (χ2n) is 4.02. The molecule has 0 aliphatic carbocycles. The van der Waals surface area contributed by atoms with Crippen LogP contribution >= 0.6 is 0 Å². The van der Waals surface area contributed by atoms with Crippen molar-refractivity contribution >= 4 is 5.91 Å². The summed E-state index contributed by atoms with van der Waals surface area (Å²) in [5.41, 5.74) is 0. The van der Waals surface area contributed by atoms with Gasteiger partial charge in [-0.1, -0.05) is 0 Å². The minimum absolute atomic E-state index is 0.259. The Labute approximate surface area is 73.1 Å². The predicted octanol–water partition coefficient (Wildman–Crippen LogP) is 0.217. The third-order valence-electron chi connectivity index (χ3n) is 3.07. The molecule has 2 saturated heterocycles. The number of nitrogens with one attached hydrogen (secondary N) is 1. The number of hydrogen-bond donors (Lipinski definition) is 1. The molecule has 12 heavy (non-hydrogen) atoms. The molecule has 0 aromatic carbocycles. The van der Waals surface area contributed by atoms with Gasteiger partial charge < -0.3 is 10.2 Å². The summed E-state index contributed by atoms with van der Waals surface area (Å²) < 4.78 is 0. The molecule has 2 aliphatic heterocycles. The third kappa shape index (κ3) is 1.46. The topological polar surface area (TPSA) is 32.3 Å². The molecule has 68 valence electrons. The zero-order valence-electron chi connectivity index (χ0n) is 7.55. The Bertz CT molecular complexity index is 175. The van der Waals surface area contributed by atoms with Crippen molar-refractivity contribution in [3.05, 3.63) is 0 Å². The van der Waals surface area contributed by atoms with Crippen molar-refractivity contribution in [3.63, 3.8) is 0 Å². The molecule has 2 aliphatic rings. The molecule has 0 aromatic rings. The van der Waals surface area contributed by atoms with Gasteiger partial charge in [-0.2, -0.15) is 0 Å². The number of carbonyl (C=O) groups excluding carboxylic acids is 1. The first-order chi connectivity index (χ1) is 5.75. The quantitative estimate of drug-likeness (QED) is 0.561. The highest BCUT2D eigenvalue weighted by Crippen LogP contribution is 2.25. The van der Waals surface area contributed by atoms with Gasteiger partial charge in [-0.15, -0.1) is 0 Å². The van der Waals surface area contributed by atoms with Gasteiger partial charge in [-0.05, 0) is 38.9 Å². The first-order valence-electron chi connectivity index (χ1n) is 4.73. The molecule has 1 amide bonds. The Morgan fingerprint density at radius 1 is 1.42 bits per heavy atom. The number of rotatable bonds is 0. The van der Waals surface area contributed by atoms with E-state index in [1.165, 1.54) is 6.42 Å². The van der Waals surface area contributed by atoms with Crippen molar-refractivity contribution in [1.29, 1.82) is 0 Å².